The molecule has 1 amide bonds. The van der Waals surface area contributed by atoms with Crippen molar-refractivity contribution in [1.82, 2.24) is 14.6 Å². The van der Waals surface area contributed by atoms with E-state index in [9.17, 15) is 13.2 Å². The minimum absolute atomic E-state index is 0.161. The lowest BCUT2D eigenvalue weighted by Gasteiger charge is -2.20. The molecule has 0 aliphatic rings. The van der Waals surface area contributed by atoms with Gasteiger partial charge in [0.1, 0.15) is 12.4 Å². The van der Waals surface area contributed by atoms with Gasteiger partial charge in [-0.15, -0.1) is 0 Å². The molecule has 7 nitrogen and oxygen atoms in total. The van der Waals surface area contributed by atoms with Crippen molar-refractivity contribution in [2.75, 3.05) is 13.1 Å². The first-order valence-electron chi connectivity index (χ1n) is 10.8. The van der Waals surface area contributed by atoms with Gasteiger partial charge in [-0.25, -0.2) is 8.42 Å². The van der Waals surface area contributed by atoms with E-state index in [1.165, 1.54) is 10.4 Å². The zero-order valence-electron chi connectivity index (χ0n) is 19.1. The van der Waals surface area contributed by atoms with Crippen LogP contribution in [0.2, 0.25) is 0 Å². The van der Waals surface area contributed by atoms with Crippen molar-refractivity contribution in [3.05, 3.63) is 89.2 Å². The highest BCUT2D eigenvalue weighted by molar-refractivity contribution is 7.89. The van der Waals surface area contributed by atoms with Crippen molar-refractivity contribution < 1.29 is 17.9 Å². The number of hydrogen-bond donors (Lipinski definition) is 1. The Morgan fingerprint density at radius 2 is 1.76 bits per heavy atom. The normalized spacial score (nSPS) is 11.4. The quantitative estimate of drug-likeness (QED) is 0.488. The average Bonchev–Trinajstić information content (AvgIpc) is 2.83. The summed E-state index contributed by atoms with van der Waals surface area (Å²) in [5.74, 6) is 0.390. The lowest BCUT2D eigenvalue weighted by molar-refractivity contribution is 0.0950. The fourth-order valence-corrected chi connectivity index (χ4v) is 5.07. The van der Waals surface area contributed by atoms with Crippen LogP contribution in [0.15, 0.2) is 71.9 Å². The number of hydrogen-bond acceptors (Lipinski definition) is 5. The van der Waals surface area contributed by atoms with Crippen LogP contribution in [-0.4, -0.2) is 36.7 Å². The molecule has 8 heteroatoms. The van der Waals surface area contributed by atoms with Gasteiger partial charge in [0.15, 0.2) is 0 Å². The fourth-order valence-electron chi connectivity index (χ4n) is 3.36. The second kappa shape index (κ2) is 11.1. The molecule has 0 aliphatic heterocycles. The van der Waals surface area contributed by atoms with Gasteiger partial charge in [-0.1, -0.05) is 38.1 Å². The van der Waals surface area contributed by atoms with E-state index in [4.69, 9.17) is 4.74 Å². The maximum atomic E-state index is 12.9. The van der Waals surface area contributed by atoms with Gasteiger partial charge in [0.05, 0.1) is 4.90 Å². The SMILES string of the molecule is CCN(CC)S(=O)(=O)c1cc(C(=O)NCc2ccc(OCc3cccnc3)cc2)ccc1C. The Morgan fingerprint density at radius 3 is 2.39 bits per heavy atom. The molecule has 2 aromatic carbocycles. The van der Waals surface area contributed by atoms with E-state index < -0.39 is 10.0 Å². The Balaban J connectivity index is 1.62. The molecular weight excluding hydrogens is 438 g/mol. The molecular formula is C25H29N3O4S. The van der Waals surface area contributed by atoms with E-state index in [2.05, 4.69) is 10.3 Å². The van der Waals surface area contributed by atoms with Crippen molar-refractivity contribution in [3.63, 3.8) is 0 Å². The Labute approximate surface area is 195 Å². The Morgan fingerprint density at radius 1 is 1.03 bits per heavy atom. The summed E-state index contributed by atoms with van der Waals surface area (Å²) >= 11 is 0. The van der Waals surface area contributed by atoms with Crippen LogP contribution in [0.5, 0.6) is 5.75 Å². The summed E-state index contributed by atoms with van der Waals surface area (Å²) in [6.07, 6.45) is 3.47. The van der Waals surface area contributed by atoms with Crippen LogP contribution in [-0.2, 0) is 23.2 Å². The van der Waals surface area contributed by atoms with Crippen LogP contribution in [0.4, 0.5) is 0 Å². The Kier molecular flexibility index (Phi) is 8.19. The van der Waals surface area contributed by atoms with Gasteiger partial charge in [0.25, 0.3) is 5.91 Å². The molecule has 3 rings (SSSR count). The number of pyridine rings is 1. The molecule has 1 aromatic heterocycles. The highest BCUT2D eigenvalue weighted by atomic mass is 32.2. The van der Waals surface area contributed by atoms with Crippen molar-refractivity contribution >= 4 is 15.9 Å². The molecule has 0 aliphatic carbocycles. The van der Waals surface area contributed by atoms with Gasteiger partial charge in [0, 0.05) is 43.2 Å². The van der Waals surface area contributed by atoms with Crippen LogP contribution >= 0.6 is 0 Å². The number of aromatic nitrogens is 1. The fraction of sp³-hybridized carbons (Fsp3) is 0.280. The molecule has 0 saturated carbocycles. The van der Waals surface area contributed by atoms with Crippen LogP contribution in [0.25, 0.3) is 0 Å². The molecule has 0 atom stereocenters. The number of benzene rings is 2. The molecule has 0 saturated heterocycles. The molecule has 0 spiro atoms. The number of carbonyl (C=O) groups is 1. The minimum atomic E-state index is -3.65. The monoisotopic (exact) mass is 467 g/mol. The third-order valence-corrected chi connectivity index (χ3v) is 7.47. The van der Waals surface area contributed by atoms with Gasteiger partial charge < -0.3 is 10.1 Å². The summed E-state index contributed by atoms with van der Waals surface area (Å²) in [5, 5.41) is 2.85. The number of aryl methyl sites for hydroxylation is 1. The number of amides is 1. The standard InChI is InChI=1S/C25H29N3O4S/c1-4-28(5-2)33(30,31)24-15-22(11-8-19(24)3)25(29)27-17-20-9-12-23(13-10-20)32-18-21-7-6-14-26-16-21/h6-16H,4-5,17-18H2,1-3H3,(H,27,29). The van der Waals surface area contributed by atoms with Crippen molar-refractivity contribution in [1.29, 1.82) is 0 Å². The molecule has 1 N–H and O–H groups in total. The van der Waals surface area contributed by atoms with E-state index in [-0.39, 0.29) is 10.8 Å². The highest BCUT2D eigenvalue weighted by Gasteiger charge is 2.24. The molecule has 0 bridgehead atoms. The predicted octanol–water partition coefficient (Wildman–Crippen LogP) is 3.93. The third-order valence-electron chi connectivity index (χ3n) is 5.28. The first kappa shape index (κ1) is 24.4. The Hall–Kier alpha value is -3.23. The summed E-state index contributed by atoms with van der Waals surface area (Å²) in [7, 11) is -3.65. The van der Waals surface area contributed by atoms with Gasteiger partial charge >= 0.3 is 0 Å². The lowest BCUT2D eigenvalue weighted by Crippen LogP contribution is -2.31. The topological polar surface area (TPSA) is 88.6 Å². The number of ether oxygens (including phenoxy) is 1. The molecule has 33 heavy (non-hydrogen) atoms. The average molecular weight is 468 g/mol. The first-order chi connectivity index (χ1) is 15.8. The second-order valence-corrected chi connectivity index (χ2v) is 9.45. The molecule has 1 heterocycles. The maximum absolute atomic E-state index is 12.9. The highest BCUT2D eigenvalue weighted by Crippen LogP contribution is 2.21. The smallest absolute Gasteiger partial charge is 0.251 e. The zero-order chi connectivity index (χ0) is 23.8. The summed E-state index contributed by atoms with van der Waals surface area (Å²) in [6, 6.07) is 16.0. The zero-order valence-corrected chi connectivity index (χ0v) is 19.9. The van der Waals surface area contributed by atoms with Crippen molar-refractivity contribution in [3.8, 4) is 5.75 Å². The van der Waals surface area contributed by atoms with Gasteiger partial charge in [-0.05, 0) is 48.4 Å². The number of sulfonamides is 1. The predicted molar refractivity (Wildman–Crippen MR) is 127 cm³/mol. The van der Waals surface area contributed by atoms with Gasteiger partial charge in [-0.2, -0.15) is 4.31 Å². The van der Waals surface area contributed by atoms with Crippen molar-refractivity contribution in [2.45, 2.75) is 38.8 Å². The second-order valence-electron chi connectivity index (χ2n) is 7.55. The van der Waals surface area contributed by atoms with E-state index >= 15 is 0 Å². The van der Waals surface area contributed by atoms with E-state index in [1.807, 2.05) is 36.4 Å². The first-order valence-corrected chi connectivity index (χ1v) is 12.3. The lowest BCUT2D eigenvalue weighted by atomic mass is 10.1. The number of rotatable bonds is 10. The molecule has 0 radical (unpaired) electrons. The summed E-state index contributed by atoms with van der Waals surface area (Å²) in [4.78, 5) is 16.9. The van der Waals surface area contributed by atoms with Gasteiger partial charge in [-0.3, -0.25) is 9.78 Å². The van der Waals surface area contributed by atoms with Crippen LogP contribution in [0, 0.1) is 6.92 Å². The largest absolute Gasteiger partial charge is 0.489 e. The van der Waals surface area contributed by atoms with E-state index in [0.717, 1.165) is 16.9 Å². The van der Waals surface area contributed by atoms with Gasteiger partial charge in [0.2, 0.25) is 10.0 Å². The summed E-state index contributed by atoms with van der Waals surface area (Å²) < 4.78 is 33.0. The van der Waals surface area contributed by atoms with E-state index in [0.29, 0.717) is 37.4 Å². The number of carbonyl (C=O) groups excluding carboxylic acids is 1. The maximum Gasteiger partial charge on any atom is 0.251 e. The summed E-state index contributed by atoms with van der Waals surface area (Å²) in [5.41, 5.74) is 2.80. The van der Waals surface area contributed by atoms with E-state index in [1.54, 1.807) is 45.3 Å². The van der Waals surface area contributed by atoms with Crippen LogP contribution in [0.1, 0.15) is 40.9 Å². The minimum Gasteiger partial charge on any atom is -0.489 e. The molecule has 0 unspecified atom stereocenters. The third kappa shape index (κ3) is 6.18. The van der Waals surface area contributed by atoms with Crippen LogP contribution in [0.3, 0.4) is 0 Å². The number of nitrogens with zero attached hydrogens (tertiary/aromatic N) is 2. The molecule has 3 aromatic rings. The Bertz CT molecular complexity index is 1180. The molecule has 0 fully saturated rings. The molecule has 174 valence electrons. The number of nitrogens with one attached hydrogen (secondary N) is 1. The summed E-state index contributed by atoms with van der Waals surface area (Å²) in [6.45, 7) is 6.80. The van der Waals surface area contributed by atoms with Crippen LogP contribution < -0.4 is 10.1 Å². The van der Waals surface area contributed by atoms with Crippen molar-refractivity contribution in [2.24, 2.45) is 0 Å².